The largest absolute Gasteiger partial charge is 0.355 e. The summed E-state index contributed by atoms with van der Waals surface area (Å²) in [5.74, 6) is -0.118. The molecule has 20 heavy (non-hydrogen) atoms. The lowest BCUT2D eigenvalue weighted by molar-refractivity contribution is -0.126. The van der Waals surface area contributed by atoms with Gasteiger partial charge >= 0.3 is 0 Å². The second kappa shape index (κ2) is 5.65. The van der Waals surface area contributed by atoms with Gasteiger partial charge in [0, 0.05) is 18.7 Å². The molecular formula is C16H22N2O2. The van der Waals surface area contributed by atoms with E-state index in [0.29, 0.717) is 19.4 Å². The molecule has 0 aliphatic carbocycles. The van der Waals surface area contributed by atoms with E-state index in [2.05, 4.69) is 31.4 Å². The Balaban J connectivity index is 1.96. The first kappa shape index (κ1) is 14.6. The summed E-state index contributed by atoms with van der Waals surface area (Å²) in [5, 5.41) is 5.64. The summed E-state index contributed by atoms with van der Waals surface area (Å²) in [6.45, 7) is 6.91. The van der Waals surface area contributed by atoms with Crippen LogP contribution in [-0.2, 0) is 15.0 Å². The van der Waals surface area contributed by atoms with Gasteiger partial charge in [-0.05, 0) is 29.5 Å². The van der Waals surface area contributed by atoms with Gasteiger partial charge in [-0.15, -0.1) is 0 Å². The summed E-state index contributed by atoms with van der Waals surface area (Å²) >= 11 is 0. The zero-order valence-electron chi connectivity index (χ0n) is 12.3. The number of hydrogen-bond donors (Lipinski definition) is 2. The Bertz CT molecular complexity index is 490. The van der Waals surface area contributed by atoms with Crippen LogP contribution >= 0.6 is 0 Å². The number of nitrogens with one attached hydrogen (secondary N) is 2. The van der Waals surface area contributed by atoms with Crippen LogP contribution in [0.25, 0.3) is 0 Å². The van der Waals surface area contributed by atoms with E-state index in [1.165, 1.54) is 5.56 Å². The van der Waals surface area contributed by atoms with Crippen LogP contribution in [0.1, 0.15) is 39.2 Å². The number of rotatable bonds is 2. The molecule has 1 aliphatic heterocycles. The van der Waals surface area contributed by atoms with E-state index in [-0.39, 0.29) is 23.1 Å². The molecule has 1 aliphatic rings. The van der Waals surface area contributed by atoms with E-state index in [9.17, 15) is 9.59 Å². The maximum atomic E-state index is 12.1. The molecule has 1 fully saturated rings. The smallest absolute Gasteiger partial charge is 0.229 e. The average molecular weight is 274 g/mol. The number of anilines is 1. The van der Waals surface area contributed by atoms with E-state index >= 15 is 0 Å². The first-order valence-electron chi connectivity index (χ1n) is 7.04. The van der Waals surface area contributed by atoms with E-state index in [1.807, 2.05) is 24.3 Å². The van der Waals surface area contributed by atoms with Gasteiger partial charge in [-0.3, -0.25) is 9.59 Å². The number of hydrogen-bond acceptors (Lipinski definition) is 2. The molecule has 4 nitrogen and oxygen atoms in total. The Morgan fingerprint density at radius 3 is 2.40 bits per heavy atom. The number of carbonyl (C=O) groups excluding carboxylic acids is 2. The summed E-state index contributed by atoms with van der Waals surface area (Å²) < 4.78 is 0. The summed E-state index contributed by atoms with van der Waals surface area (Å²) in [6.07, 6.45) is 1.05. The predicted octanol–water partition coefficient (Wildman–Crippen LogP) is 2.45. The highest BCUT2D eigenvalue weighted by molar-refractivity contribution is 5.94. The zero-order valence-corrected chi connectivity index (χ0v) is 12.3. The highest BCUT2D eigenvalue weighted by atomic mass is 16.2. The highest BCUT2D eigenvalue weighted by Gasteiger charge is 2.24. The summed E-state index contributed by atoms with van der Waals surface area (Å²) in [6, 6.07) is 7.94. The topological polar surface area (TPSA) is 58.2 Å². The molecule has 4 heteroatoms. The standard InChI is InChI=1S/C16H22N2O2/c1-16(2,3)12-5-7-13(8-6-12)18-15(20)11-4-9-14(19)17-10-11/h5-8,11H,4,9-10H2,1-3H3,(H,17,19)(H,18,20). The van der Waals surface area contributed by atoms with Crippen LogP contribution < -0.4 is 10.6 Å². The normalized spacial score (nSPS) is 19.4. The fourth-order valence-electron chi connectivity index (χ4n) is 2.25. The van der Waals surface area contributed by atoms with Gasteiger partial charge in [0.2, 0.25) is 11.8 Å². The lowest BCUT2D eigenvalue weighted by atomic mass is 9.87. The lowest BCUT2D eigenvalue weighted by Gasteiger charge is -2.22. The fraction of sp³-hybridized carbons (Fsp3) is 0.500. The Morgan fingerprint density at radius 1 is 1.25 bits per heavy atom. The van der Waals surface area contributed by atoms with Crippen molar-refractivity contribution < 1.29 is 9.59 Å². The molecule has 1 aromatic carbocycles. The second-order valence-corrected chi connectivity index (χ2v) is 6.36. The molecule has 0 spiro atoms. The molecular weight excluding hydrogens is 252 g/mol. The number of amides is 2. The van der Waals surface area contributed by atoms with Crippen LogP contribution in [0.2, 0.25) is 0 Å². The maximum Gasteiger partial charge on any atom is 0.229 e. The highest BCUT2D eigenvalue weighted by Crippen LogP contribution is 2.24. The van der Waals surface area contributed by atoms with E-state index in [1.54, 1.807) is 0 Å². The molecule has 1 saturated heterocycles. The Morgan fingerprint density at radius 2 is 1.90 bits per heavy atom. The Hall–Kier alpha value is -1.84. The van der Waals surface area contributed by atoms with Gasteiger partial charge < -0.3 is 10.6 Å². The van der Waals surface area contributed by atoms with Crippen LogP contribution in [-0.4, -0.2) is 18.4 Å². The molecule has 1 atom stereocenters. The van der Waals surface area contributed by atoms with E-state index in [0.717, 1.165) is 5.69 Å². The molecule has 0 aromatic heterocycles. The lowest BCUT2D eigenvalue weighted by Crippen LogP contribution is -2.40. The van der Waals surface area contributed by atoms with Crippen molar-refractivity contribution in [3.8, 4) is 0 Å². The van der Waals surface area contributed by atoms with Crippen molar-refractivity contribution in [1.29, 1.82) is 0 Å². The van der Waals surface area contributed by atoms with Crippen molar-refractivity contribution in [1.82, 2.24) is 5.32 Å². The number of benzene rings is 1. The summed E-state index contributed by atoms with van der Waals surface area (Å²) in [4.78, 5) is 23.2. The SMILES string of the molecule is CC(C)(C)c1ccc(NC(=O)C2CCC(=O)NC2)cc1. The first-order chi connectivity index (χ1) is 9.36. The first-order valence-corrected chi connectivity index (χ1v) is 7.04. The van der Waals surface area contributed by atoms with Gasteiger partial charge in [0.05, 0.1) is 5.92 Å². The van der Waals surface area contributed by atoms with Gasteiger partial charge in [0.1, 0.15) is 0 Å². The second-order valence-electron chi connectivity index (χ2n) is 6.36. The minimum atomic E-state index is -0.130. The van der Waals surface area contributed by atoms with Crippen LogP contribution in [0, 0.1) is 5.92 Å². The van der Waals surface area contributed by atoms with Crippen LogP contribution in [0.15, 0.2) is 24.3 Å². The van der Waals surface area contributed by atoms with Crippen molar-refractivity contribution in [2.24, 2.45) is 5.92 Å². The number of carbonyl (C=O) groups is 2. The number of piperidine rings is 1. The molecule has 0 saturated carbocycles. The van der Waals surface area contributed by atoms with Crippen LogP contribution in [0.4, 0.5) is 5.69 Å². The Kier molecular flexibility index (Phi) is 4.12. The third-order valence-corrected chi connectivity index (χ3v) is 3.65. The minimum Gasteiger partial charge on any atom is -0.355 e. The van der Waals surface area contributed by atoms with Crippen molar-refractivity contribution in [2.45, 2.75) is 39.0 Å². The zero-order chi connectivity index (χ0) is 14.8. The van der Waals surface area contributed by atoms with Gasteiger partial charge in [0.15, 0.2) is 0 Å². The quantitative estimate of drug-likeness (QED) is 0.870. The molecule has 1 heterocycles. The molecule has 1 unspecified atom stereocenters. The minimum absolute atomic E-state index is 0.0199. The third-order valence-electron chi connectivity index (χ3n) is 3.65. The van der Waals surface area contributed by atoms with Crippen LogP contribution in [0.5, 0.6) is 0 Å². The molecule has 2 N–H and O–H groups in total. The van der Waals surface area contributed by atoms with Gasteiger partial charge in [-0.1, -0.05) is 32.9 Å². The molecule has 0 radical (unpaired) electrons. The van der Waals surface area contributed by atoms with Gasteiger partial charge in [-0.25, -0.2) is 0 Å². The molecule has 1 aromatic rings. The summed E-state index contributed by atoms with van der Waals surface area (Å²) in [5.41, 5.74) is 2.15. The van der Waals surface area contributed by atoms with Crippen molar-refractivity contribution in [3.05, 3.63) is 29.8 Å². The van der Waals surface area contributed by atoms with E-state index in [4.69, 9.17) is 0 Å². The van der Waals surface area contributed by atoms with Crippen molar-refractivity contribution >= 4 is 17.5 Å². The van der Waals surface area contributed by atoms with E-state index < -0.39 is 0 Å². The molecule has 108 valence electrons. The average Bonchev–Trinajstić information content (AvgIpc) is 2.39. The van der Waals surface area contributed by atoms with Crippen molar-refractivity contribution in [3.63, 3.8) is 0 Å². The molecule has 2 amide bonds. The monoisotopic (exact) mass is 274 g/mol. The maximum absolute atomic E-state index is 12.1. The fourth-order valence-corrected chi connectivity index (χ4v) is 2.25. The molecule has 2 rings (SSSR count). The van der Waals surface area contributed by atoms with Crippen LogP contribution in [0.3, 0.4) is 0 Å². The molecule has 0 bridgehead atoms. The van der Waals surface area contributed by atoms with Gasteiger partial charge in [-0.2, -0.15) is 0 Å². The van der Waals surface area contributed by atoms with Gasteiger partial charge in [0.25, 0.3) is 0 Å². The summed E-state index contributed by atoms with van der Waals surface area (Å²) in [7, 11) is 0. The predicted molar refractivity (Wildman–Crippen MR) is 79.5 cm³/mol. The van der Waals surface area contributed by atoms with Crippen molar-refractivity contribution in [2.75, 3.05) is 11.9 Å². The Labute approximate surface area is 119 Å². The third kappa shape index (κ3) is 3.59.